The fourth-order valence-corrected chi connectivity index (χ4v) is 2.83. The number of rotatable bonds is 1. The Hall–Kier alpha value is -0.920. The van der Waals surface area contributed by atoms with Crippen LogP contribution in [0.15, 0.2) is 18.2 Å². The molecule has 0 spiro atoms. The minimum atomic E-state index is 0.587. The molecule has 0 amide bonds. The highest BCUT2D eigenvalue weighted by Gasteiger charge is 2.18. The number of nitrogen functional groups attached to an aromatic ring is 1. The molecule has 0 unspecified atom stereocenters. The molecule has 0 radical (unpaired) electrons. The first-order valence-electron chi connectivity index (χ1n) is 5.45. The molecule has 2 aromatic rings. The van der Waals surface area contributed by atoms with Gasteiger partial charge in [0.15, 0.2) is 0 Å². The summed E-state index contributed by atoms with van der Waals surface area (Å²) in [7, 11) is 0. The Morgan fingerprint density at radius 3 is 3.12 bits per heavy atom. The average molecular weight is 341 g/mol. The minimum absolute atomic E-state index is 0.587. The first-order valence-corrected chi connectivity index (χ1v) is 6.53. The number of halogens is 1. The van der Waals surface area contributed by atoms with E-state index in [9.17, 15) is 0 Å². The van der Waals surface area contributed by atoms with Gasteiger partial charge < -0.3 is 10.2 Å². The van der Waals surface area contributed by atoms with E-state index in [2.05, 4.69) is 34.1 Å². The average Bonchev–Trinajstić information content (AvgIpc) is 2.37. The smallest absolute Gasteiger partial charge is 0.0860 e. The van der Waals surface area contributed by atoms with Gasteiger partial charge in [0.25, 0.3) is 0 Å². The number of pyridine rings is 1. The van der Waals surface area contributed by atoms with E-state index < -0.39 is 0 Å². The van der Waals surface area contributed by atoms with E-state index in [4.69, 9.17) is 15.6 Å². The van der Waals surface area contributed by atoms with Gasteiger partial charge in [-0.3, -0.25) is 10.8 Å². The van der Waals surface area contributed by atoms with Gasteiger partial charge in [0.1, 0.15) is 0 Å². The van der Waals surface area contributed by atoms with Crippen LogP contribution in [0.1, 0.15) is 11.3 Å². The molecule has 1 aromatic carbocycles. The minimum Gasteiger partial charge on any atom is -0.376 e. The Morgan fingerprint density at radius 2 is 2.29 bits per heavy atom. The molecule has 0 atom stereocenters. The number of nitrogens with two attached hydrogens (primary N) is 1. The Morgan fingerprint density at radius 1 is 1.41 bits per heavy atom. The molecular formula is C12H12IN3O. The lowest BCUT2D eigenvalue weighted by molar-refractivity contribution is 0.110. The molecule has 2 heterocycles. The molecule has 3 N–H and O–H groups in total. The van der Waals surface area contributed by atoms with Gasteiger partial charge in [-0.1, -0.05) is 12.1 Å². The van der Waals surface area contributed by atoms with Crippen molar-refractivity contribution in [3.8, 4) is 0 Å². The standard InChI is InChI=1S/C12H12IN3O/c13-9-3-1-2-7-11(16-14)8-6-17-5-4-10(8)15-12(7)9/h1-3H,4-6,14H2,(H,15,16). The predicted molar refractivity (Wildman–Crippen MR) is 75.6 cm³/mol. The topological polar surface area (TPSA) is 60.2 Å². The maximum Gasteiger partial charge on any atom is 0.0860 e. The maximum atomic E-state index is 5.65. The fourth-order valence-electron chi connectivity index (χ4n) is 2.21. The van der Waals surface area contributed by atoms with Crippen LogP contribution in [0.4, 0.5) is 5.69 Å². The van der Waals surface area contributed by atoms with E-state index in [-0.39, 0.29) is 0 Å². The molecule has 5 heteroatoms. The number of nitrogens with one attached hydrogen (secondary N) is 1. The van der Waals surface area contributed by atoms with Crippen LogP contribution in [0, 0.1) is 3.57 Å². The molecule has 0 saturated heterocycles. The lowest BCUT2D eigenvalue weighted by Crippen LogP contribution is -2.18. The van der Waals surface area contributed by atoms with Crippen LogP contribution in [0.3, 0.4) is 0 Å². The summed E-state index contributed by atoms with van der Waals surface area (Å²) in [6.45, 7) is 1.32. The molecular weight excluding hydrogens is 329 g/mol. The monoisotopic (exact) mass is 341 g/mol. The summed E-state index contributed by atoms with van der Waals surface area (Å²) in [6, 6.07) is 6.11. The number of fused-ring (bicyclic) bond motifs is 2. The van der Waals surface area contributed by atoms with Crippen LogP contribution in [0.2, 0.25) is 0 Å². The van der Waals surface area contributed by atoms with Gasteiger partial charge in [0.2, 0.25) is 0 Å². The van der Waals surface area contributed by atoms with Crippen LogP contribution in [0.5, 0.6) is 0 Å². The van der Waals surface area contributed by atoms with Crippen molar-refractivity contribution in [2.75, 3.05) is 12.0 Å². The molecule has 0 aliphatic carbocycles. The zero-order valence-corrected chi connectivity index (χ0v) is 11.3. The van der Waals surface area contributed by atoms with Crippen molar-refractivity contribution < 1.29 is 4.74 Å². The molecule has 1 aliphatic rings. The number of hydrogen-bond acceptors (Lipinski definition) is 4. The van der Waals surface area contributed by atoms with Crippen LogP contribution >= 0.6 is 22.6 Å². The van der Waals surface area contributed by atoms with E-state index in [1.54, 1.807) is 0 Å². The summed E-state index contributed by atoms with van der Waals surface area (Å²) >= 11 is 2.30. The van der Waals surface area contributed by atoms with Crippen LogP contribution in [-0.4, -0.2) is 11.6 Å². The number of nitrogens with zero attached hydrogens (tertiary/aromatic N) is 1. The van der Waals surface area contributed by atoms with E-state index in [0.717, 1.165) is 44.4 Å². The predicted octanol–water partition coefficient (Wildman–Crippen LogP) is 2.20. The zero-order chi connectivity index (χ0) is 11.8. The van der Waals surface area contributed by atoms with Gasteiger partial charge in [0.05, 0.1) is 30.1 Å². The summed E-state index contributed by atoms with van der Waals surface area (Å²) in [4.78, 5) is 4.74. The van der Waals surface area contributed by atoms with Crippen LogP contribution in [0.25, 0.3) is 10.9 Å². The third kappa shape index (κ3) is 1.78. The molecule has 1 aromatic heterocycles. The number of ether oxygens (including phenoxy) is 1. The number of hydrazine groups is 1. The Balaban J connectivity index is 2.39. The van der Waals surface area contributed by atoms with Crippen LogP contribution < -0.4 is 11.3 Å². The number of para-hydroxylation sites is 1. The molecule has 1 aliphatic heterocycles. The maximum absolute atomic E-state index is 5.65. The highest BCUT2D eigenvalue weighted by Crippen LogP contribution is 2.32. The summed E-state index contributed by atoms with van der Waals surface area (Å²) in [5.41, 5.74) is 6.95. The van der Waals surface area contributed by atoms with Crippen molar-refractivity contribution in [3.05, 3.63) is 33.0 Å². The summed E-state index contributed by atoms with van der Waals surface area (Å²) < 4.78 is 6.62. The lowest BCUT2D eigenvalue weighted by atomic mass is 10.0. The first-order chi connectivity index (χ1) is 8.31. The van der Waals surface area contributed by atoms with Crippen molar-refractivity contribution in [1.29, 1.82) is 0 Å². The van der Waals surface area contributed by atoms with Crippen molar-refractivity contribution in [2.24, 2.45) is 5.84 Å². The van der Waals surface area contributed by atoms with E-state index >= 15 is 0 Å². The second-order valence-electron chi connectivity index (χ2n) is 3.99. The fraction of sp³-hybridized carbons (Fsp3) is 0.250. The molecule has 17 heavy (non-hydrogen) atoms. The van der Waals surface area contributed by atoms with Gasteiger partial charge in [-0.2, -0.15) is 0 Å². The molecule has 0 saturated carbocycles. The van der Waals surface area contributed by atoms with Crippen molar-refractivity contribution in [3.63, 3.8) is 0 Å². The number of benzene rings is 1. The van der Waals surface area contributed by atoms with Crippen LogP contribution in [-0.2, 0) is 17.8 Å². The number of anilines is 1. The number of aromatic nitrogens is 1. The largest absolute Gasteiger partial charge is 0.376 e. The normalized spacial score (nSPS) is 14.7. The Bertz CT molecular complexity index is 585. The van der Waals surface area contributed by atoms with Gasteiger partial charge in [-0.25, -0.2) is 0 Å². The second kappa shape index (κ2) is 4.40. The van der Waals surface area contributed by atoms with E-state index in [1.807, 2.05) is 12.1 Å². The van der Waals surface area contributed by atoms with E-state index in [1.165, 1.54) is 0 Å². The van der Waals surface area contributed by atoms with E-state index in [0.29, 0.717) is 6.61 Å². The molecule has 88 valence electrons. The third-order valence-electron chi connectivity index (χ3n) is 3.03. The highest BCUT2D eigenvalue weighted by molar-refractivity contribution is 14.1. The molecule has 0 fully saturated rings. The Kier molecular flexibility index (Phi) is 2.89. The number of hydrogen-bond donors (Lipinski definition) is 2. The van der Waals surface area contributed by atoms with Gasteiger partial charge in [0, 0.05) is 20.9 Å². The Labute approximate surface area is 113 Å². The summed E-state index contributed by atoms with van der Waals surface area (Å²) in [6.07, 6.45) is 0.852. The summed E-state index contributed by atoms with van der Waals surface area (Å²) in [5.74, 6) is 5.65. The highest BCUT2D eigenvalue weighted by atomic mass is 127. The SMILES string of the molecule is NNc1c2c(nc3c(I)cccc13)CCOC2. The molecule has 4 nitrogen and oxygen atoms in total. The quantitative estimate of drug-likeness (QED) is 0.474. The van der Waals surface area contributed by atoms with Crippen molar-refractivity contribution >= 4 is 39.2 Å². The zero-order valence-electron chi connectivity index (χ0n) is 9.16. The lowest BCUT2D eigenvalue weighted by Gasteiger charge is -2.20. The molecule has 3 rings (SSSR count). The van der Waals surface area contributed by atoms with Crippen molar-refractivity contribution in [2.45, 2.75) is 13.0 Å². The summed E-state index contributed by atoms with van der Waals surface area (Å²) in [5, 5.41) is 1.06. The van der Waals surface area contributed by atoms with Gasteiger partial charge in [-0.05, 0) is 28.7 Å². The third-order valence-corrected chi connectivity index (χ3v) is 3.90. The second-order valence-corrected chi connectivity index (χ2v) is 5.16. The van der Waals surface area contributed by atoms with Gasteiger partial charge in [-0.15, -0.1) is 0 Å². The first kappa shape index (κ1) is 11.2. The van der Waals surface area contributed by atoms with Gasteiger partial charge >= 0.3 is 0 Å². The molecule has 0 bridgehead atoms. The van der Waals surface area contributed by atoms with Crippen molar-refractivity contribution in [1.82, 2.24) is 4.98 Å².